The number of benzene rings is 2. The summed E-state index contributed by atoms with van der Waals surface area (Å²) in [5.41, 5.74) is 7.42. The molecule has 0 heterocycles. The second-order valence-electron chi connectivity index (χ2n) is 9.18. The van der Waals surface area contributed by atoms with Crippen LogP contribution in [-0.2, 0) is 32.0 Å². The Morgan fingerprint density at radius 1 is 0.816 bits per heavy atom. The first-order valence-corrected chi connectivity index (χ1v) is 13.0. The van der Waals surface area contributed by atoms with Crippen LogP contribution in [0, 0.1) is 5.92 Å². The predicted octanol–water partition coefficient (Wildman–Crippen LogP) is 1.02. The van der Waals surface area contributed by atoms with Crippen LogP contribution in [0.3, 0.4) is 0 Å². The highest BCUT2D eigenvalue weighted by atomic mass is 32.1. The minimum Gasteiger partial charge on any atom is -0.508 e. The molecule has 0 saturated heterocycles. The van der Waals surface area contributed by atoms with E-state index in [1.165, 1.54) is 12.1 Å². The SMILES string of the molecule is CCC(C)C(N)C(=O)NC(Cc1ccc(O)cc1)C(=O)NC(CS)C(=O)NC(Cc1ccccc1)C(=O)O. The summed E-state index contributed by atoms with van der Waals surface area (Å²) < 4.78 is 0. The molecule has 0 fully saturated rings. The number of rotatable bonds is 14. The Morgan fingerprint density at radius 2 is 1.32 bits per heavy atom. The highest BCUT2D eigenvalue weighted by molar-refractivity contribution is 7.80. The van der Waals surface area contributed by atoms with E-state index < -0.39 is 47.9 Å². The van der Waals surface area contributed by atoms with E-state index in [-0.39, 0.29) is 30.3 Å². The Morgan fingerprint density at radius 3 is 1.87 bits per heavy atom. The highest BCUT2D eigenvalue weighted by Gasteiger charge is 2.30. The van der Waals surface area contributed by atoms with Gasteiger partial charge in [-0.05, 0) is 29.2 Å². The minimum atomic E-state index is -1.22. The van der Waals surface area contributed by atoms with Crippen molar-refractivity contribution in [2.75, 3.05) is 5.75 Å². The van der Waals surface area contributed by atoms with E-state index in [1.54, 1.807) is 42.5 Å². The van der Waals surface area contributed by atoms with Gasteiger partial charge in [0.2, 0.25) is 17.7 Å². The van der Waals surface area contributed by atoms with Gasteiger partial charge in [-0.3, -0.25) is 14.4 Å². The normalized spacial score (nSPS) is 14.8. The molecule has 0 aliphatic carbocycles. The number of nitrogens with two attached hydrogens (primary N) is 1. The molecule has 0 bridgehead atoms. The van der Waals surface area contributed by atoms with Crippen LogP contribution in [0.5, 0.6) is 5.75 Å². The molecule has 206 valence electrons. The zero-order valence-electron chi connectivity index (χ0n) is 21.5. The van der Waals surface area contributed by atoms with E-state index in [0.29, 0.717) is 12.0 Å². The van der Waals surface area contributed by atoms with Gasteiger partial charge in [0.25, 0.3) is 0 Å². The standard InChI is InChI=1S/C27H36N4O6S/c1-3-16(2)23(28)26(35)29-20(13-18-9-11-19(32)12-10-18)24(33)31-22(15-38)25(34)30-21(27(36)37)14-17-7-5-4-6-8-17/h4-12,16,20-23,32,38H,3,13-15,28H2,1-2H3,(H,29,35)(H,30,34)(H,31,33)(H,36,37). The molecule has 2 aromatic rings. The number of thiol groups is 1. The predicted molar refractivity (Wildman–Crippen MR) is 147 cm³/mol. The third-order valence-corrected chi connectivity index (χ3v) is 6.65. The Bertz CT molecular complexity index is 1080. The topological polar surface area (TPSA) is 171 Å². The van der Waals surface area contributed by atoms with Crippen molar-refractivity contribution in [2.24, 2.45) is 11.7 Å². The summed E-state index contributed by atoms with van der Waals surface area (Å²) >= 11 is 4.17. The zero-order valence-corrected chi connectivity index (χ0v) is 22.4. The molecule has 0 aromatic heterocycles. The second kappa shape index (κ2) is 15.0. The van der Waals surface area contributed by atoms with Crippen LogP contribution < -0.4 is 21.7 Å². The molecule has 0 radical (unpaired) electrons. The van der Waals surface area contributed by atoms with Gasteiger partial charge in [-0.2, -0.15) is 12.6 Å². The number of nitrogens with one attached hydrogen (secondary N) is 3. The first kappa shape index (κ1) is 30.7. The third-order valence-electron chi connectivity index (χ3n) is 6.28. The number of aromatic hydroxyl groups is 1. The van der Waals surface area contributed by atoms with E-state index in [0.717, 1.165) is 5.56 Å². The van der Waals surface area contributed by atoms with Crippen molar-refractivity contribution < 1.29 is 29.4 Å². The largest absolute Gasteiger partial charge is 0.508 e. The molecule has 0 spiro atoms. The van der Waals surface area contributed by atoms with Crippen molar-refractivity contribution in [1.82, 2.24) is 16.0 Å². The average molecular weight is 545 g/mol. The molecule has 11 heteroatoms. The monoisotopic (exact) mass is 544 g/mol. The molecular weight excluding hydrogens is 508 g/mol. The third kappa shape index (κ3) is 9.38. The molecule has 5 unspecified atom stereocenters. The first-order valence-electron chi connectivity index (χ1n) is 12.4. The molecule has 3 amide bonds. The maximum atomic E-state index is 13.3. The van der Waals surface area contributed by atoms with Crippen LogP contribution in [0.1, 0.15) is 31.4 Å². The molecule has 10 nitrogen and oxygen atoms in total. The van der Waals surface area contributed by atoms with E-state index in [1.807, 2.05) is 13.8 Å². The quantitative estimate of drug-likeness (QED) is 0.174. The maximum absolute atomic E-state index is 13.3. The van der Waals surface area contributed by atoms with Crippen molar-refractivity contribution in [3.8, 4) is 5.75 Å². The van der Waals surface area contributed by atoms with Gasteiger partial charge in [-0.25, -0.2) is 4.79 Å². The van der Waals surface area contributed by atoms with Gasteiger partial charge in [0.1, 0.15) is 23.9 Å². The number of phenolic OH excluding ortho intramolecular Hbond substituents is 1. The van der Waals surface area contributed by atoms with Crippen molar-refractivity contribution in [1.29, 1.82) is 0 Å². The number of hydrogen-bond acceptors (Lipinski definition) is 7. The van der Waals surface area contributed by atoms with Gasteiger partial charge in [0.05, 0.1) is 6.04 Å². The van der Waals surface area contributed by atoms with Crippen molar-refractivity contribution >= 4 is 36.3 Å². The Balaban J connectivity index is 2.16. The number of phenols is 1. The number of carbonyl (C=O) groups excluding carboxylic acids is 3. The fourth-order valence-corrected chi connectivity index (χ4v) is 3.90. The lowest BCUT2D eigenvalue weighted by Crippen LogP contribution is -2.58. The summed E-state index contributed by atoms with van der Waals surface area (Å²) in [6, 6.07) is 10.7. The Labute approximate surface area is 227 Å². The number of carboxylic acid groups (broad SMARTS) is 1. The molecule has 0 saturated carbocycles. The zero-order chi connectivity index (χ0) is 28.2. The average Bonchev–Trinajstić information content (AvgIpc) is 2.91. The van der Waals surface area contributed by atoms with Crippen molar-refractivity contribution in [3.05, 3.63) is 65.7 Å². The van der Waals surface area contributed by atoms with Gasteiger partial charge in [-0.15, -0.1) is 0 Å². The first-order chi connectivity index (χ1) is 18.0. The number of aliphatic carboxylic acids is 1. The lowest BCUT2D eigenvalue weighted by atomic mass is 9.98. The minimum absolute atomic E-state index is 0.0490. The molecule has 0 aliphatic heterocycles. The molecule has 2 aromatic carbocycles. The van der Waals surface area contributed by atoms with Crippen LogP contribution in [0.15, 0.2) is 54.6 Å². The van der Waals surface area contributed by atoms with Crippen LogP contribution in [0.25, 0.3) is 0 Å². The van der Waals surface area contributed by atoms with Crippen molar-refractivity contribution in [2.45, 2.75) is 57.3 Å². The van der Waals surface area contributed by atoms with E-state index in [9.17, 15) is 29.4 Å². The van der Waals surface area contributed by atoms with Crippen LogP contribution in [0.4, 0.5) is 0 Å². The molecular formula is C27H36N4O6S. The summed E-state index contributed by atoms with van der Waals surface area (Å²) in [6.45, 7) is 3.73. The number of carbonyl (C=O) groups is 4. The summed E-state index contributed by atoms with van der Waals surface area (Å²) in [7, 11) is 0. The van der Waals surface area contributed by atoms with Crippen LogP contribution >= 0.6 is 12.6 Å². The van der Waals surface area contributed by atoms with E-state index in [4.69, 9.17) is 5.73 Å². The van der Waals surface area contributed by atoms with E-state index >= 15 is 0 Å². The highest BCUT2D eigenvalue weighted by Crippen LogP contribution is 2.13. The molecule has 38 heavy (non-hydrogen) atoms. The summed E-state index contributed by atoms with van der Waals surface area (Å²) in [4.78, 5) is 50.7. The Kier molecular flexibility index (Phi) is 12.1. The maximum Gasteiger partial charge on any atom is 0.326 e. The molecule has 7 N–H and O–H groups in total. The lowest BCUT2D eigenvalue weighted by molar-refractivity contribution is -0.142. The number of hydrogen-bond donors (Lipinski definition) is 7. The fraction of sp³-hybridized carbons (Fsp3) is 0.407. The van der Waals surface area contributed by atoms with Gasteiger partial charge >= 0.3 is 5.97 Å². The van der Waals surface area contributed by atoms with Gasteiger partial charge in [0.15, 0.2) is 0 Å². The van der Waals surface area contributed by atoms with Crippen LogP contribution in [-0.4, -0.2) is 63.8 Å². The lowest BCUT2D eigenvalue weighted by Gasteiger charge is -2.25. The number of amides is 3. The van der Waals surface area contributed by atoms with Gasteiger partial charge in [-0.1, -0.05) is 62.7 Å². The molecule has 5 atom stereocenters. The summed E-state index contributed by atoms with van der Waals surface area (Å²) in [6.07, 6.45) is 0.791. The summed E-state index contributed by atoms with van der Waals surface area (Å²) in [5.74, 6) is -3.30. The fourth-order valence-electron chi connectivity index (χ4n) is 3.65. The Hall–Kier alpha value is -3.57. The van der Waals surface area contributed by atoms with Crippen molar-refractivity contribution in [3.63, 3.8) is 0 Å². The van der Waals surface area contributed by atoms with E-state index in [2.05, 4.69) is 28.6 Å². The van der Waals surface area contributed by atoms with Gasteiger partial charge < -0.3 is 31.9 Å². The van der Waals surface area contributed by atoms with Crippen LogP contribution in [0.2, 0.25) is 0 Å². The van der Waals surface area contributed by atoms with Gasteiger partial charge in [0, 0.05) is 18.6 Å². The molecule has 0 aliphatic rings. The molecule has 2 rings (SSSR count). The number of carboxylic acids is 1. The smallest absolute Gasteiger partial charge is 0.326 e. The summed E-state index contributed by atoms with van der Waals surface area (Å²) in [5, 5.41) is 26.9. The second-order valence-corrected chi connectivity index (χ2v) is 9.54.